The molecule has 1 saturated heterocycles. The standard InChI is InChI=1S/C16H22ClN3O2/c1-12-11-14(17)3-4-15(12)18-16(22)5-6-19-7-9-20(10-8-19)13(2)21/h3-4,11H,5-10H2,1-2H3,(H,18,22). The Kier molecular flexibility index (Phi) is 5.80. The summed E-state index contributed by atoms with van der Waals surface area (Å²) in [4.78, 5) is 27.4. The number of benzene rings is 1. The van der Waals surface area contributed by atoms with Gasteiger partial charge in [-0.05, 0) is 30.7 Å². The van der Waals surface area contributed by atoms with Crippen molar-refractivity contribution in [1.82, 2.24) is 9.80 Å². The molecule has 120 valence electrons. The van der Waals surface area contributed by atoms with Crippen LogP contribution in [-0.2, 0) is 9.59 Å². The van der Waals surface area contributed by atoms with Gasteiger partial charge < -0.3 is 10.2 Å². The minimum Gasteiger partial charge on any atom is -0.340 e. The smallest absolute Gasteiger partial charge is 0.225 e. The molecule has 0 atom stereocenters. The van der Waals surface area contributed by atoms with Crippen molar-refractivity contribution >= 4 is 29.1 Å². The molecule has 0 aliphatic carbocycles. The number of carbonyl (C=O) groups is 2. The molecule has 0 saturated carbocycles. The molecule has 22 heavy (non-hydrogen) atoms. The molecule has 1 fully saturated rings. The number of hydrogen-bond acceptors (Lipinski definition) is 3. The third-order valence-electron chi connectivity index (χ3n) is 3.94. The summed E-state index contributed by atoms with van der Waals surface area (Å²) >= 11 is 5.90. The van der Waals surface area contributed by atoms with E-state index < -0.39 is 0 Å². The second-order valence-corrected chi connectivity index (χ2v) is 6.04. The molecule has 1 aromatic rings. The third-order valence-corrected chi connectivity index (χ3v) is 4.17. The van der Waals surface area contributed by atoms with Crippen molar-refractivity contribution in [3.63, 3.8) is 0 Å². The van der Waals surface area contributed by atoms with Crippen molar-refractivity contribution in [3.05, 3.63) is 28.8 Å². The molecular formula is C16H22ClN3O2. The Morgan fingerprint density at radius 2 is 1.91 bits per heavy atom. The first-order chi connectivity index (χ1) is 10.5. The van der Waals surface area contributed by atoms with Gasteiger partial charge in [-0.15, -0.1) is 0 Å². The number of rotatable bonds is 4. The number of hydrogen-bond donors (Lipinski definition) is 1. The van der Waals surface area contributed by atoms with Gasteiger partial charge in [0.1, 0.15) is 0 Å². The minimum absolute atomic E-state index is 0.000537. The van der Waals surface area contributed by atoms with Crippen molar-refractivity contribution in [1.29, 1.82) is 0 Å². The number of nitrogens with zero attached hydrogens (tertiary/aromatic N) is 2. The normalized spacial score (nSPS) is 15.7. The van der Waals surface area contributed by atoms with Crippen LogP contribution in [0.5, 0.6) is 0 Å². The van der Waals surface area contributed by atoms with Gasteiger partial charge in [-0.1, -0.05) is 11.6 Å². The summed E-state index contributed by atoms with van der Waals surface area (Å²) in [5, 5.41) is 3.58. The summed E-state index contributed by atoms with van der Waals surface area (Å²) in [7, 11) is 0. The zero-order valence-corrected chi connectivity index (χ0v) is 13.8. The SMILES string of the molecule is CC(=O)N1CCN(CCC(=O)Nc2ccc(Cl)cc2C)CC1. The van der Waals surface area contributed by atoms with E-state index in [1.807, 2.05) is 24.0 Å². The summed E-state index contributed by atoms with van der Waals surface area (Å²) in [6, 6.07) is 5.42. The monoisotopic (exact) mass is 323 g/mol. The van der Waals surface area contributed by atoms with Crippen LogP contribution in [0.1, 0.15) is 18.9 Å². The van der Waals surface area contributed by atoms with Crippen LogP contribution in [0.25, 0.3) is 0 Å². The first kappa shape index (κ1) is 16.8. The number of amides is 2. The Labute approximate surface area is 136 Å². The Bertz CT molecular complexity index is 554. The maximum absolute atomic E-state index is 12.0. The first-order valence-electron chi connectivity index (χ1n) is 7.49. The van der Waals surface area contributed by atoms with E-state index in [-0.39, 0.29) is 11.8 Å². The number of nitrogens with one attached hydrogen (secondary N) is 1. The second-order valence-electron chi connectivity index (χ2n) is 5.61. The minimum atomic E-state index is -0.000537. The van der Waals surface area contributed by atoms with Gasteiger partial charge in [0, 0.05) is 56.8 Å². The van der Waals surface area contributed by atoms with Crippen LogP contribution in [0.2, 0.25) is 5.02 Å². The highest BCUT2D eigenvalue weighted by molar-refractivity contribution is 6.30. The highest BCUT2D eigenvalue weighted by Crippen LogP contribution is 2.19. The van der Waals surface area contributed by atoms with Crippen LogP contribution in [0.4, 0.5) is 5.69 Å². The summed E-state index contributed by atoms with van der Waals surface area (Å²) in [5.74, 6) is 0.120. The molecule has 0 spiro atoms. The number of halogens is 1. The lowest BCUT2D eigenvalue weighted by molar-refractivity contribution is -0.130. The molecule has 2 rings (SSSR count). The lowest BCUT2D eigenvalue weighted by atomic mass is 10.2. The number of piperazine rings is 1. The average Bonchev–Trinajstić information content (AvgIpc) is 2.48. The molecule has 1 aliphatic rings. The van der Waals surface area contributed by atoms with Gasteiger partial charge in [0.15, 0.2) is 0 Å². The molecule has 1 aliphatic heterocycles. The van der Waals surface area contributed by atoms with Gasteiger partial charge in [0.05, 0.1) is 0 Å². The highest BCUT2D eigenvalue weighted by Gasteiger charge is 2.18. The van der Waals surface area contributed by atoms with E-state index in [9.17, 15) is 9.59 Å². The molecule has 6 heteroatoms. The predicted octanol–water partition coefficient (Wildman–Crippen LogP) is 2.14. The van der Waals surface area contributed by atoms with Gasteiger partial charge in [-0.25, -0.2) is 0 Å². The summed E-state index contributed by atoms with van der Waals surface area (Å²) in [6.45, 7) is 7.37. The van der Waals surface area contributed by atoms with Crippen LogP contribution in [0.15, 0.2) is 18.2 Å². The average molecular weight is 324 g/mol. The van der Waals surface area contributed by atoms with Crippen molar-refractivity contribution in [2.75, 3.05) is 38.0 Å². The largest absolute Gasteiger partial charge is 0.340 e. The lowest BCUT2D eigenvalue weighted by Crippen LogP contribution is -2.48. The van der Waals surface area contributed by atoms with Crippen LogP contribution in [0, 0.1) is 6.92 Å². The van der Waals surface area contributed by atoms with E-state index in [1.165, 1.54) is 0 Å². The van der Waals surface area contributed by atoms with Crippen molar-refractivity contribution in [2.45, 2.75) is 20.3 Å². The quantitative estimate of drug-likeness (QED) is 0.923. The van der Waals surface area contributed by atoms with E-state index in [4.69, 9.17) is 11.6 Å². The number of carbonyl (C=O) groups excluding carboxylic acids is 2. The van der Waals surface area contributed by atoms with Crippen LogP contribution in [0.3, 0.4) is 0 Å². The fourth-order valence-corrected chi connectivity index (χ4v) is 2.75. The van der Waals surface area contributed by atoms with Gasteiger partial charge in [0.25, 0.3) is 0 Å². The molecule has 1 aromatic carbocycles. The molecule has 0 radical (unpaired) electrons. The Morgan fingerprint density at radius 1 is 1.23 bits per heavy atom. The fraction of sp³-hybridized carbons (Fsp3) is 0.500. The highest BCUT2D eigenvalue weighted by atomic mass is 35.5. The summed E-state index contributed by atoms with van der Waals surface area (Å²) < 4.78 is 0. The van der Waals surface area contributed by atoms with E-state index in [2.05, 4.69) is 10.2 Å². The van der Waals surface area contributed by atoms with Crippen molar-refractivity contribution in [3.8, 4) is 0 Å². The van der Waals surface area contributed by atoms with Crippen LogP contribution in [-0.4, -0.2) is 54.3 Å². The first-order valence-corrected chi connectivity index (χ1v) is 7.87. The van der Waals surface area contributed by atoms with Crippen molar-refractivity contribution in [2.24, 2.45) is 0 Å². The maximum Gasteiger partial charge on any atom is 0.225 e. The Hall–Kier alpha value is -1.59. The number of aryl methyl sites for hydroxylation is 1. The maximum atomic E-state index is 12.0. The predicted molar refractivity (Wildman–Crippen MR) is 88.1 cm³/mol. The van der Waals surface area contributed by atoms with Gasteiger partial charge in [-0.3, -0.25) is 14.5 Å². The third kappa shape index (κ3) is 4.71. The van der Waals surface area contributed by atoms with Gasteiger partial charge in [0.2, 0.25) is 11.8 Å². The lowest BCUT2D eigenvalue weighted by Gasteiger charge is -2.34. The van der Waals surface area contributed by atoms with Crippen LogP contribution >= 0.6 is 11.6 Å². The van der Waals surface area contributed by atoms with E-state index in [0.717, 1.165) is 37.4 Å². The topological polar surface area (TPSA) is 52.7 Å². The molecule has 0 aromatic heterocycles. The molecule has 5 nitrogen and oxygen atoms in total. The van der Waals surface area contributed by atoms with Gasteiger partial charge >= 0.3 is 0 Å². The Morgan fingerprint density at radius 3 is 2.50 bits per heavy atom. The molecule has 2 amide bonds. The van der Waals surface area contributed by atoms with E-state index in [1.54, 1.807) is 13.0 Å². The summed E-state index contributed by atoms with van der Waals surface area (Å²) in [5.41, 5.74) is 1.76. The molecule has 0 bridgehead atoms. The zero-order valence-electron chi connectivity index (χ0n) is 13.1. The zero-order chi connectivity index (χ0) is 16.1. The fourth-order valence-electron chi connectivity index (χ4n) is 2.53. The molecule has 0 unspecified atom stereocenters. The van der Waals surface area contributed by atoms with E-state index >= 15 is 0 Å². The van der Waals surface area contributed by atoms with E-state index in [0.29, 0.717) is 18.0 Å². The summed E-state index contributed by atoms with van der Waals surface area (Å²) in [6.07, 6.45) is 0.447. The van der Waals surface area contributed by atoms with Crippen molar-refractivity contribution < 1.29 is 9.59 Å². The molecular weight excluding hydrogens is 302 g/mol. The molecule has 1 N–H and O–H groups in total. The second kappa shape index (κ2) is 7.61. The van der Waals surface area contributed by atoms with Crippen LogP contribution < -0.4 is 5.32 Å². The molecule has 1 heterocycles. The Balaban J connectivity index is 1.75. The van der Waals surface area contributed by atoms with Gasteiger partial charge in [-0.2, -0.15) is 0 Å². The number of anilines is 1.